The molecule has 82 heavy (non-hydrogen) atoms. The predicted octanol–water partition coefficient (Wildman–Crippen LogP) is 11.8. The van der Waals surface area contributed by atoms with Gasteiger partial charge in [-0.25, -0.2) is 23.5 Å². The van der Waals surface area contributed by atoms with E-state index in [9.17, 15) is 41.8 Å². The Hall–Kier alpha value is -6.54. The van der Waals surface area contributed by atoms with Crippen LogP contribution in [0.5, 0.6) is 11.5 Å². The first-order valence-corrected chi connectivity index (χ1v) is 27.5. The molecule has 2 unspecified atom stereocenters. The topological polar surface area (TPSA) is 167 Å². The third-order valence-corrected chi connectivity index (χ3v) is 15.2. The number of amides is 1. The number of hydrogen-bond acceptors (Lipinski definition) is 12. The van der Waals surface area contributed by atoms with Gasteiger partial charge in [0.2, 0.25) is 5.60 Å². The van der Waals surface area contributed by atoms with E-state index in [1.54, 1.807) is 39.8 Å². The van der Waals surface area contributed by atoms with Crippen LogP contribution in [0.2, 0.25) is 5.02 Å². The van der Waals surface area contributed by atoms with Gasteiger partial charge in [0.05, 0.1) is 48.1 Å². The fraction of sp³-hybridized carbons (Fsp3) is 0.429. The summed E-state index contributed by atoms with van der Waals surface area (Å²) in [5, 5.41) is 34.4. The van der Waals surface area contributed by atoms with Gasteiger partial charge in [0.1, 0.15) is 29.4 Å². The summed E-state index contributed by atoms with van der Waals surface area (Å²) in [6.45, 7) is 18.6. The number of aromatic nitrogens is 2. The summed E-state index contributed by atoms with van der Waals surface area (Å²) in [6.07, 6.45) is -6.43. The standard InChI is InChI=1S/C32H36F4N2O5.C31H37ClFN3O3/c1-20(2)38-18-30(3,19-38)23-16-25(21-5-8-24(33)9-6-21)37-29(17-23)31(41,32(34,35)36)12-11-26(40)22-7-10-27(43-14-13-39)28(15-22)42-4;1-29(2,3)39-28(37)34-18-31(5,38)27-17-23(16-26(35-27)22-11-12-25(33)24(32)15-22)30(4)19-36(20-30)14-13-21-9-7-6-8-10-21/h5-10,15-17,20,39,41H,11-14,18-19H2,1-4H3;6-12,15-17,38H,13-14,18-20H2,1-5H3,(H,34,37). The zero-order valence-electron chi connectivity index (χ0n) is 47.8. The van der Waals surface area contributed by atoms with E-state index in [1.807, 2.05) is 39.0 Å². The molecule has 0 saturated carbocycles. The average molecular weight is 1160 g/mol. The molecule has 2 aliphatic rings. The summed E-state index contributed by atoms with van der Waals surface area (Å²) in [5.74, 6) is -1.23. The molecular formula is C63H73ClF5N5O8. The number of methoxy groups -OCH3 is 1. The average Bonchev–Trinajstić information content (AvgIpc) is 1.51. The van der Waals surface area contributed by atoms with E-state index in [4.69, 9.17) is 35.9 Å². The summed E-state index contributed by atoms with van der Waals surface area (Å²) >= 11 is 6.08. The molecule has 2 saturated heterocycles. The molecule has 4 N–H and O–H groups in total. The molecule has 4 heterocycles. The number of alkyl halides is 3. The molecule has 2 atom stereocenters. The molecule has 0 bridgehead atoms. The van der Waals surface area contributed by atoms with Crippen molar-refractivity contribution in [3.63, 3.8) is 0 Å². The summed E-state index contributed by atoms with van der Waals surface area (Å²) in [5.41, 5.74) is -1.77. The maximum Gasteiger partial charge on any atom is 0.422 e. The lowest BCUT2D eigenvalue weighted by Gasteiger charge is -2.51. The van der Waals surface area contributed by atoms with Crippen LogP contribution in [0, 0.1) is 11.6 Å². The molecule has 19 heteroatoms. The quantitative estimate of drug-likeness (QED) is 0.0423. The van der Waals surface area contributed by atoms with Gasteiger partial charge in [0.25, 0.3) is 0 Å². The number of hydrogen-bond donors (Lipinski definition) is 4. The molecule has 0 radical (unpaired) electrons. The number of nitrogens with one attached hydrogen (secondary N) is 1. The Morgan fingerprint density at radius 2 is 1.37 bits per heavy atom. The van der Waals surface area contributed by atoms with Crippen LogP contribution < -0.4 is 14.8 Å². The smallest absolute Gasteiger partial charge is 0.422 e. The Balaban J connectivity index is 0.000000237. The number of carbonyl (C=O) groups is 2. The fourth-order valence-corrected chi connectivity index (χ4v) is 10.2. The summed E-state index contributed by atoms with van der Waals surface area (Å²) in [4.78, 5) is 38.9. The highest BCUT2D eigenvalue weighted by Crippen LogP contribution is 2.46. The summed E-state index contributed by atoms with van der Waals surface area (Å²) in [7, 11) is 1.35. The number of benzene rings is 4. The van der Waals surface area contributed by atoms with Crippen LogP contribution in [-0.2, 0) is 33.2 Å². The van der Waals surface area contributed by atoms with Gasteiger partial charge in [0, 0.05) is 72.7 Å². The van der Waals surface area contributed by atoms with Crippen molar-refractivity contribution in [1.29, 1.82) is 0 Å². The van der Waals surface area contributed by atoms with E-state index in [0.29, 0.717) is 41.2 Å². The molecule has 0 spiro atoms. The van der Waals surface area contributed by atoms with E-state index < -0.39 is 70.4 Å². The van der Waals surface area contributed by atoms with Crippen molar-refractivity contribution in [2.24, 2.45) is 0 Å². The SMILES string of the molecule is CC(C)(C)OC(=O)NCC(C)(O)c1cc(C2(C)CN(CCc3ccccc3)C2)cc(-c2ccc(F)c(Cl)c2)n1.COc1cc(C(=O)CCC(O)(c2cc(C3(C)CN(C(C)C)C3)cc(-c3ccc(F)cc3)n2)C(F)(F)F)ccc1OCCO. The molecular weight excluding hydrogens is 1090 g/mol. The van der Waals surface area contributed by atoms with Crippen molar-refractivity contribution in [3.8, 4) is 34.0 Å². The lowest BCUT2D eigenvalue weighted by Crippen LogP contribution is -2.59. The van der Waals surface area contributed by atoms with Gasteiger partial charge in [-0.1, -0.05) is 55.8 Å². The first kappa shape index (κ1) is 63.0. The van der Waals surface area contributed by atoms with Crippen LogP contribution in [-0.4, -0.2) is 124 Å². The van der Waals surface area contributed by atoms with Crippen LogP contribution in [0.3, 0.4) is 0 Å². The normalized spacial score (nSPS) is 16.6. The molecule has 8 rings (SSSR count). The van der Waals surface area contributed by atoms with Crippen molar-refractivity contribution in [3.05, 3.63) is 166 Å². The molecule has 2 aliphatic heterocycles. The number of aliphatic hydroxyl groups excluding tert-OH is 1. The van der Waals surface area contributed by atoms with Crippen LogP contribution in [0.4, 0.5) is 26.7 Å². The number of aliphatic hydroxyl groups is 3. The maximum absolute atomic E-state index is 14.7. The number of Topliss-reactive ketones (excluding diaryl/α,β-unsaturated/α-hetero) is 1. The van der Waals surface area contributed by atoms with Crippen molar-refractivity contribution in [2.75, 3.05) is 59.6 Å². The van der Waals surface area contributed by atoms with E-state index in [-0.39, 0.29) is 59.0 Å². The first-order chi connectivity index (χ1) is 38.4. The number of ketones is 1. The number of likely N-dealkylation sites (tertiary alicyclic amines) is 2. The number of ether oxygens (including phenoxy) is 3. The number of alkyl carbamates (subject to hydrolysis) is 1. The molecule has 2 fully saturated rings. The summed E-state index contributed by atoms with van der Waals surface area (Å²) < 4.78 is 87.5. The molecule has 1 amide bonds. The maximum atomic E-state index is 14.7. The second-order valence-electron chi connectivity index (χ2n) is 23.3. The Kier molecular flexibility index (Phi) is 19.6. The number of rotatable bonds is 20. The Morgan fingerprint density at radius 3 is 1.95 bits per heavy atom. The minimum Gasteiger partial charge on any atom is -0.493 e. The van der Waals surface area contributed by atoms with Gasteiger partial charge in [-0.2, -0.15) is 13.2 Å². The minimum atomic E-state index is -5.16. The summed E-state index contributed by atoms with van der Waals surface area (Å²) in [6, 6.07) is 31.4. The molecule has 4 aromatic carbocycles. The highest BCUT2D eigenvalue weighted by atomic mass is 35.5. The molecule has 440 valence electrons. The molecule has 13 nitrogen and oxygen atoms in total. The van der Waals surface area contributed by atoms with Gasteiger partial charge < -0.3 is 39.7 Å². The van der Waals surface area contributed by atoms with Gasteiger partial charge in [0.15, 0.2) is 17.3 Å². The zero-order valence-corrected chi connectivity index (χ0v) is 48.5. The van der Waals surface area contributed by atoms with Crippen molar-refractivity contribution < 1.29 is 61.1 Å². The van der Waals surface area contributed by atoms with Crippen molar-refractivity contribution in [1.82, 2.24) is 25.1 Å². The largest absolute Gasteiger partial charge is 0.493 e. The Morgan fingerprint density at radius 1 is 0.768 bits per heavy atom. The van der Waals surface area contributed by atoms with Gasteiger partial charge >= 0.3 is 12.3 Å². The second kappa shape index (κ2) is 25.5. The molecule has 6 aromatic rings. The highest BCUT2D eigenvalue weighted by Gasteiger charge is 2.56. The van der Waals surface area contributed by atoms with E-state index >= 15 is 0 Å². The fourth-order valence-electron chi connectivity index (χ4n) is 10.0. The molecule has 0 aliphatic carbocycles. The third kappa shape index (κ3) is 15.4. The van der Waals surface area contributed by atoms with Gasteiger partial charge in [-0.05, 0) is 156 Å². The van der Waals surface area contributed by atoms with Crippen molar-refractivity contribution in [2.45, 2.75) is 115 Å². The zero-order chi connectivity index (χ0) is 60.0. The Labute approximate surface area is 481 Å². The number of nitrogens with zero attached hydrogens (tertiary/aromatic N) is 4. The molecule has 2 aromatic heterocycles. The predicted molar refractivity (Wildman–Crippen MR) is 305 cm³/mol. The Bertz CT molecular complexity index is 3180. The number of carbonyl (C=O) groups excluding carboxylic acids is 2. The van der Waals surface area contributed by atoms with Crippen LogP contribution >= 0.6 is 11.6 Å². The number of pyridine rings is 2. The third-order valence-electron chi connectivity index (χ3n) is 14.9. The highest BCUT2D eigenvalue weighted by molar-refractivity contribution is 6.31. The lowest BCUT2D eigenvalue weighted by molar-refractivity contribution is -0.270. The number of halogens is 6. The first-order valence-electron chi connectivity index (χ1n) is 27.2. The van der Waals surface area contributed by atoms with Crippen LogP contribution in [0.25, 0.3) is 22.5 Å². The van der Waals surface area contributed by atoms with Crippen LogP contribution in [0.1, 0.15) is 107 Å². The van der Waals surface area contributed by atoms with Crippen molar-refractivity contribution >= 4 is 23.5 Å². The van der Waals surface area contributed by atoms with Crippen LogP contribution in [0.15, 0.2) is 115 Å². The second-order valence-corrected chi connectivity index (χ2v) is 23.7. The lowest BCUT2D eigenvalue weighted by atomic mass is 9.73. The minimum absolute atomic E-state index is 0.00143. The monoisotopic (exact) mass is 1160 g/mol. The van der Waals surface area contributed by atoms with Gasteiger partial charge in [-0.3, -0.25) is 9.69 Å². The van der Waals surface area contributed by atoms with Gasteiger partial charge in [-0.15, -0.1) is 0 Å². The van der Waals surface area contributed by atoms with E-state index in [1.165, 1.54) is 73.3 Å². The van der Waals surface area contributed by atoms with E-state index in [2.05, 4.69) is 51.3 Å². The van der Waals surface area contributed by atoms with E-state index in [0.717, 1.165) is 31.6 Å².